The number of carbonyl (C=O) groups is 1. The van der Waals surface area contributed by atoms with Crippen LogP contribution in [0.3, 0.4) is 0 Å². The van der Waals surface area contributed by atoms with Gasteiger partial charge in [0.15, 0.2) is 0 Å². The molecule has 2 heterocycles. The molecule has 0 radical (unpaired) electrons. The Bertz CT molecular complexity index is 542. The second-order valence-electron chi connectivity index (χ2n) is 4.06. The standard InChI is InChI=1S/C12H15N3O3S2/c1-8(6-17-2)13-10(16)7-20-12-15-14-11(18-12)9-4-3-5-19-9/h3-5,8H,6-7H2,1-2H3,(H,13,16). The Kier molecular flexibility index (Phi) is 5.57. The minimum atomic E-state index is -0.0876. The molecule has 108 valence electrons. The first kappa shape index (κ1) is 15.0. The SMILES string of the molecule is COCC(C)NC(=O)CSc1nnc(-c2cccs2)o1. The lowest BCUT2D eigenvalue weighted by Gasteiger charge is -2.11. The van der Waals surface area contributed by atoms with Crippen molar-refractivity contribution >= 4 is 29.0 Å². The molecule has 0 bridgehead atoms. The van der Waals surface area contributed by atoms with E-state index in [1.807, 2.05) is 24.4 Å². The fourth-order valence-electron chi connectivity index (χ4n) is 1.50. The van der Waals surface area contributed by atoms with Crippen LogP contribution in [0.2, 0.25) is 0 Å². The molecule has 1 atom stereocenters. The summed E-state index contributed by atoms with van der Waals surface area (Å²) in [7, 11) is 1.60. The molecular formula is C12H15N3O3S2. The summed E-state index contributed by atoms with van der Waals surface area (Å²) >= 11 is 2.75. The van der Waals surface area contributed by atoms with Gasteiger partial charge in [0, 0.05) is 13.2 Å². The van der Waals surface area contributed by atoms with Crippen LogP contribution in [0.15, 0.2) is 27.2 Å². The third-order valence-corrected chi connectivity index (χ3v) is 3.97. The van der Waals surface area contributed by atoms with Crippen LogP contribution in [0.1, 0.15) is 6.92 Å². The van der Waals surface area contributed by atoms with E-state index in [2.05, 4.69) is 15.5 Å². The van der Waals surface area contributed by atoms with Crippen LogP contribution >= 0.6 is 23.1 Å². The molecular weight excluding hydrogens is 298 g/mol. The monoisotopic (exact) mass is 313 g/mol. The van der Waals surface area contributed by atoms with Gasteiger partial charge in [0.25, 0.3) is 11.1 Å². The molecule has 0 aromatic carbocycles. The van der Waals surface area contributed by atoms with Gasteiger partial charge in [-0.05, 0) is 18.4 Å². The van der Waals surface area contributed by atoms with Crippen LogP contribution in [-0.4, -0.2) is 41.6 Å². The zero-order chi connectivity index (χ0) is 14.4. The van der Waals surface area contributed by atoms with Gasteiger partial charge in [-0.1, -0.05) is 17.8 Å². The van der Waals surface area contributed by atoms with Crippen LogP contribution in [0.5, 0.6) is 0 Å². The third-order valence-electron chi connectivity index (χ3n) is 2.29. The molecule has 1 unspecified atom stereocenters. The van der Waals surface area contributed by atoms with E-state index in [0.717, 1.165) is 4.88 Å². The highest BCUT2D eigenvalue weighted by Crippen LogP contribution is 2.26. The number of carbonyl (C=O) groups excluding carboxylic acids is 1. The molecule has 0 aliphatic heterocycles. The number of hydrogen-bond acceptors (Lipinski definition) is 7. The van der Waals surface area contributed by atoms with E-state index in [4.69, 9.17) is 9.15 Å². The van der Waals surface area contributed by atoms with Crippen molar-refractivity contribution in [3.63, 3.8) is 0 Å². The predicted molar refractivity (Wildman–Crippen MR) is 77.8 cm³/mol. The molecule has 0 saturated heterocycles. The Balaban J connectivity index is 1.81. The van der Waals surface area contributed by atoms with Crippen LogP contribution < -0.4 is 5.32 Å². The van der Waals surface area contributed by atoms with Gasteiger partial charge in [0.2, 0.25) is 5.91 Å². The Morgan fingerprint density at radius 3 is 3.15 bits per heavy atom. The predicted octanol–water partition coefficient (Wildman–Crippen LogP) is 2.04. The summed E-state index contributed by atoms with van der Waals surface area (Å²) in [4.78, 5) is 12.6. The summed E-state index contributed by atoms with van der Waals surface area (Å²) in [5, 5.41) is 13.0. The Morgan fingerprint density at radius 1 is 1.60 bits per heavy atom. The van der Waals surface area contributed by atoms with Crippen molar-refractivity contribution in [1.29, 1.82) is 0 Å². The molecule has 2 aromatic heterocycles. The number of thioether (sulfide) groups is 1. The number of nitrogens with zero attached hydrogens (tertiary/aromatic N) is 2. The maximum atomic E-state index is 11.7. The van der Waals surface area contributed by atoms with Crippen molar-refractivity contribution in [2.75, 3.05) is 19.5 Å². The van der Waals surface area contributed by atoms with Crippen LogP contribution in [0, 0.1) is 0 Å². The van der Waals surface area contributed by atoms with Gasteiger partial charge in [-0.25, -0.2) is 0 Å². The number of aromatic nitrogens is 2. The summed E-state index contributed by atoms with van der Waals surface area (Å²) in [6.45, 7) is 2.37. The molecule has 6 nitrogen and oxygen atoms in total. The second-order valence-corrected chi connectivity index (χ2v) is 5.94. The largest absolute Gasteiger partial charge is 0.410 e. The van der Waals surface area contributed by atoms with Gasteiger partial charge in [-0.2, -0.15) is 0 Å². The Labute approximate surface area is 124 Å². The number of methoxy groups -OCH3 is 1. The van der Waals surface area contributed by atoms with E-state index in [0.29, 0.717) is 17.7 Å². The van der Waals surface area contributed by atoms with Crippen LogP contribution in [0.4, 0.5) is 0 Å². The van der Waals surface area contributed by atoms with Crippen molar-refractivity contribution in [2.24, 2.45) is 0 Å². The molecule has 0 aliphatic carbocycles. The second kappa shape index (κ2) is 7.41. The molecule has 8 heteroatoms. The van der Waals surface area contributed by atoms with Crippen LogP contribution in [-0.2, 0) is 9.53 Å². The smallest absolute Gasteiger partial charge is 0.277 e. The molecule has 0 saturated carbocycles. The summed E-state index contributed by atoms with van der Waals surface area (Å²) in [5.41, 5.74) is 0. The minimum absolute atomic E-state index is 0.0162. The quantitative estimate of drug-likeness (QED) is 0.788. The van der Waals surface area contributed by atoms with Crippen molar-refractivity contribution in [1.82, 2.24) is 15.5 Å². The first-order valence-electron chi connectivity index (χ1n) is 5.97. The summed E-state index contributed by atoms with van der Waals surface area (Å²) < 4.78 is 10.4. The van der Waals surface area contributed by atoms with E-state index < -0.39 is 0 Å². The van der Waals surface area contributed by atoms with Gasteiger partial charge in [-0.15, -0.1) is 21.5 Å². The van der Waals surface area contributed by atoms with Crippen molar-refractivity contribution in [2.45, 2.75) is 18.2 Å². The molecule has 0 fully saturated rings. The van der Waals surface area contributed by atoms with E-state index >= 15 is 0 Å². The zero-order valence-corrected chi connectivity index (χ0v) is 12.8. The van der Waals surface area contributed by atoms with Crippen molar-refractivity contribution < 1.29 is 13.9 Å². The van der Waals surface area contributed by atoms with Crippen molar-refractivity contribution in [3.8, 4) is 10.8 Å². The maximum Gasteiger partial charge on any atom is 0.277 e. The third kappa shape index (κ3) is 4.32. The van der Waals surface area contributed by atoms with Crippen LogP contribution in [0.25, 0.3) is 10.8 Å². The minimum Gasteiger partial charge on any atom is -0.410 e. The highest BCUT2D eigenvalue weighted by molar-refractivity contribution is 7.99. The highest BCUT2D eigenvalue weighted by atomic mass is 32.2. The zero-order valence-electron chi connectivity index (χ0n) is 11.2. The molecule has 2 aromatic rings. The summed E-state index contributed by atoms with van der Waals surface area (Å²) in [5.74, 6) is 0.631. The average Bonchev–Trinajstić information content (AvgIpc) is 3.07. The lowest BCUT2D eigenvalue weighted by molar-refractivity contribution is -0.119. The number of rotatable bonds is 7. The van der Waals surface area contributed by atoms with E-state index in [1.165, 1.54) is 23.1 Å². The number of ether oxygens (including phenoxy) is 1. The lowest BCUT2D eigenvalue weighted by atomic mass is 10.3. The first-order chi connectivity index (χ1) is 9.69. The normalized spacial score (nSPS) is 12.3. The van der Waals surface area contributed by atoms with E-state index in [1.54, 1.807) is 7.11 Å². The molecule has 2 rings (SSSR count). The Hall–Kier alpha value is -1.38. The fourth-order valence-corrected chi connectivity index (χ4v) is 2.72. The summed E-state index contributed by atoms with van der Waals surface area (Å²) in [6.07, 6.45) is 0. The molecule has 20 heavy (non-hydrogen) atoms. The first-order valence-corrected chi connectivity index (χ1v) is 7.84. The topological polar surface area (TPSA) is 77.2 Å². The molecule has 0 spiro atoms. The number of thiophene rings is 1. The lowest BCUT2D eigenvalue weighted by Crippen LogP contribution is -2.36. The molecule has 1 N–H and O–H groups in total. The Morgan fingerprint density at radius 2 is 2.45 bits per heavy atom. The average molecular weight is 313 g/mol. The van der Waals surface area contributed by atoms with Gasteiger partial charge < -0.3 is 14.5 Å². The number of amides is 1. The number of hydrogen-bond donors (Lipinski definition) is 1. The number of nitrogens with one attached hydrogen (secondary N) is 1. The summed E-state index contributed by atoms with van der Waals surface area (Å²) in [6, 6.07) is 3.81. The van der Waals surface area contributed by atoms with E-state index in [9.17, 15) is 4.79 Å². The maximum absolute atomic E-state index is 11.7. The highest BCUT2D eigenvalue weighted by Gasteiger charge is 2.12. The van der Waals surface area contributed by atoms with Gasteiger partial charge in [0.1, 0.15) is 0 Å². The van der Waals surface area contributed by atoms with Crippen molar-refractivity contribution in [3.05, 3.63) is 17.5 Å². The fraction of sp³-hybridized carbons (Fsp3) is 0.417. The van der Waals surface area contributed by atoms with Gasteiger partial charge in [-0.3, -0.25) is 4.79 Å². The van der Waals surface area contributed by atoms with E-state index in [-0.39, 0.29) is 17.7 Å². The van der Waals surface area contributed by atoms with Gasteiger partial charge >= 0.3 is 0 Å². The molecule has 1 amide bonds. The van der Waals surface area contributed by atoms with Gasteiger partial charge in [0.05, 0.1) is 17.2 Å². The molecule has 0 aliphatic rings.